The number of hydrogen-bond acceptors (Lipinski definition) is 9. The highest BCUT2D eigenvalue weighted by atomic mass is 32.2. The van der Waals surface area contributed by atoms with Crippen molar-refractivity contribution in [3.8, 4) is 5.95 Å². The summed E-state index contributed by atoms with van der Waals surface area (Å²) in [6, 6.07) is 1.79. The predicted molar refractivity (Wildman–Crippen MR) is 75.1 cm³/mol. The van der Waals surface area contributed by atoms with E-state index in [1.54, 1.807) is 12.3 Å². The van der Waals surface area contributed by atoms with E-state index < -0.39 is 0 Å². The Bertz CT molecular complexity index is 701. The number of anilines is 1. The lowest BCUT2D eigenvalue weighted by molar-refractivity contribution is 0.758. The lowest BCUT2D eigenvalue weighted by Gasteiger charge is -2.06. The number of nitrogens with zero attached hydrogens (tertiary/aromatic N) is 8. The predicted octanol–water partition coefficient (Wildman–Crippen LogP) is 0.825. The lowest BCUT2D eigenvalue weighted by atomic mass is 10.7. The van der Waals surface area contributed by atoms with E-state index in [4.69, 9.17) is 0 Å². The first kappa shape index (κ1) is 13.4. The first-order valence-corrected chi connectivity index (χ1v) is 6.95. The van der Waals surface area contributed by atoms with Crippen LogP contribution in [0.25, 0.3) is 5.95 Å². The fourth-order valence-corrected chi connectivity index (χ4v) is 2.15. The minimum atomic E-state index is 0.398. The average molecular weight is 301 g/mol. The van der Waals surface area contributed by atoms with Crippen molar-refractivity contribution in [3.63, 3.8) is 0 Å². The molecule has 0 fully saturated rings. The number of hydrogen-bond donors (Lipinski definition) is 1. The maximum Gasteiger partial charge on any atom is 0.257 e. The van der Waals surface area contributed by atoms with E-state index in [2.05, 4.69) is 40.3 Å². The summed E-state index contributed by atoms with van der Waals surface area (Å²) >= 11 is 1.32. The summed E-state index contributed by atoms with van der Waals surface area (Å²) in [6.45, 7) is 2.68. The van der Waals surface area contributed by atoms with Crippen molar-refractivity contribution in [2.75, 3.05) is 11.9 Å². The molecular weight excluding hydrogens is 290 g/mol. The Hall–Kier alpha value is -2.62. The smallest absolute Gasteiger partial charge is 0.257 e. The molecular formula is C11H11N9S. The molecule has 3 heterocycles. The molecule has 0 aliphatic carbocycles. The van der Waals surface area contributed by atoms with Gasteiger partial charge in [-0.15, -0.1) is 0 Å². The van der Waals surface area contributed by atoms with Crippen LogP contribution in [0.15, 0.2) is 41.4 Å². The van der Waals surface area contributed by atoms with Crippen molar-refractivity contribution in [2.45, 2.75) is 17.1 Å². The van der Waals surface area contributed by atoms with Crippen molar-refractivity contribution < 1.29 is 0 Å². The van der Waals surface area contributed by atoms with Crippen LogP contribution >= 0.6 is 11.8 Å². The monoisotopic (exact) mass is 301 g/mol. The van der Waals surface area contributed by atoms with Crippen molar-refractivity contribution >= 4 is 17.7 Å². The second-order valence-corrected chi connectivity index (χ2v) is 4.75. The summed E-state index contributed by atoms with van der Waals surface area (Å²) in [7, 11) is 0. The topological polar surface area (TPSA) is 107 Å². The molecule has 0 aromatic carbocycles. The third-order valence-electron chi connectivity index (χ3n) is 2.31. The summed E-state index contributed by atoms with van der Waals surface area (Å²) in [5, 5.41) is 8.36. The van der Waals surface area contributed by atoms with Gasteiger partial charge in [0, 0.05) is 12.7 Å². The Balaban J connectivity index is 1.95. The Morgan fingerprint density at radius 3 is 2.86 bits per heavy atom. The molecule has 0 spiro atoms. The quantitative estimate of drug-likeness (QED) is 0.685. The molecule has 0 aliphatic heterocycles. The van der Waals surface area contributed by atoms with Crippen LogP contribution < -0.4 is 5.32 Å². The zero-order valence-corrected chi connectivity index (χ0v) is 11.9. The number of aromatic nitrogens is 8. The maximum atomic E-state index is 4.35. The van der Waals surface area contributed by atoms with Crippen LogP contribution in [-0.4, -0.2) is 46.2 Å². The van der Waals surface area contributed by atoms with Crippen LogP contribution in [0.1, 0.15) is 6.92 Å². The van der Waals surface area contributed by atoms with Gasteiger partial charge >= 0.3 is 0 Å². The molecule has 0 saturated heterocycles. The molecule has 0 aliphatic rings. The molecule has 0 bridgehead atoms. The minimum Gasteiger partial charge on any atom is -0.354 e. The summed E-state index contributed by atoms with van der Waals surface area (Å²) in [5.41, 5.74) is 0. The second-order valence-electron chi connectivity index (χ2n) is 3.76. The van der Waals surface area contributed by atoms with E-state index in [9.17, 15) is 0 Å². The van der Waals surface area contributed by atoms with Crippen molar-refractivity contribution in [3.05, 3.63) is 31.2 Å². The van der Waals surface area contributed by atoms with Gasteiger partial charge in [-0.1, -0.05) is 0 Å². The van der Waals surface area contributed by atoms with Gasteiger partial charge in [-0.25, -0.2) is 15.0 Å². The maximum absolute atomic E-state index is 4.35. The third-order valence-corrected chi connectivity index (χ3v) is 3.13. The molecule has 106 valence electrons. The molecule has 1 N–H and O–H groups in total. The lowest BCUT2D eigenvalue weighted by Crippen LogP contribution is -2.09. The molecule has 0 atom stereocenters. The van der Waals surface area contributed by atoms with Crippen molar-refractivity contribution in [2.24, 2.45) is 0 Å². The van der Waals surface area contributed by atoms with Gasteiger partial charge in [-0.3, -0.25) is 0 Å². The highest BCUT2D eigenvalue weighted by molar-refractivity contribution is 7.99. The molecule has 3 aromatic heterocycles. The molecule has 3 aromatic rings. The highest BCUT2D eigenvalue weighted by Gasteiger charge is 2.10. The Morgan fingerprint density at radius 1 is 1.19 bits per heavy atom. The van der Waals surface area contributed by atoms with Crippen LogP contribution in [0.5, 0.6) is 0 Å². The summed E-state index contributed by atoms with van der Waals surface area (Å²) < 4.78 is 1.48. The van der Waals surface area contributed by atoms with Gasteiger partial charge in [0.2, 0.25) is 11.1 Å². The van der Waals surface area contributed by atoms with Gasteiger partial charge in [-0.2, -0.15) is 24.7 Å². The van der Waals surface area contributed by atoms with Crippen molar-refractivity contribution in [1.29, 1.82) is 0 Å². The minimum absolute atomic E-state index is 0.398. The van der Waals surface area contributed by atoms with Gasteiger partial charge in [0.15, 0.2) is 0 Å². The Kier molecular flexibility index (Phi) is 3.96. The summed E-state index contributed by atoms with van der Waals surface area (Å²) in [4.78, 5) is 24.9. The molecule has 0 radical (unpaired) electrons. The van der Waals surface area contributed by atoms with Gasteiger partial charge in [0.1, 0.15) is 24.0 Å². The second kappa shape index (κ2) is 6.22. The molecule has 0 saturated carbocycles. The normalized spacial score (nSPS) is 10.5. The van der Waals surface area contributed by atoms with E-state index >= 15 is 0 Å². The van der Waals surface area contributed by atoms with E-state index in [1.807, 2.05) is 6.92 Å². The summed E-state index contributed by atoms with van der Waals surface area (Å²) in [5.74, 6) is 0.879. The third kappa shape index (κ3) is 3.28. The van der Waals surface area contributed by atoms with Crippen LogP contribution in [0.4, 0.5) is 5.95 Å². The first-order valence-electron chi connectivity index (χ1n) is 6.14. The number of nitrogens with one attached hydrogen (secondary N) is 1. The van der Waals surface area contributed by atoms with Gasteiger partial charge in [0.05, 0.1) is 0 Å². The SMILES string of the molecule is CCNc1nc(Sc2ccncn2)nc(-n2cncn2)n1. The molecule has 21 heavy (non-hydrogen) atoms. The van der Waals surface area contributed by atoms with Crippen LogP contribution in [0.2, 0.25) is 0 Å². The highest BCUT2D eigenvalue weighted by Crippen LogP contribution is 2.22. The Morgan fingerprint density at radius 2 is 2.14 bits per heavy atom. The molecule has 10 heteroatoms. The molecule has 9 nitrogen and oxygen atoms in total. The van der Waals surface area contributed by atoms with E-state index in [0.29, 0.717) is 23.6 Å². The van der Waals surface area contributed by atoms with E-state index in [-0.39, 0.29) is 0 Å². The first-order chi connectivity index (χ1) is 10.3. The fraction of sp³-hybridized carbons (Fsp3) is 0.182. The van der Waals surface area contributed by atoms with Crippen LogP contribution in [0, 0.1) is 0 Å². The zero-order valence-electron chi connectivity index (χ0n) is 11.1. The van der Waals surface area contributed by atoms with Gasteiger partial charge in [-0.05, 0) is 24.8 Å². The van der Waals surface area contributed by atoms with Crippen LogP contribution in [0.3, 0.4) is 0 Å². The standard InChI is InChI=1S/C11H11N9S/c1-2-14-9-17-10(20-7-13-6-16-20)19-11(18-9)21-8-3-4-12-5-15-8/h3-7H,2H2,1H3,(H,14,17,18,19). The Labute approximate surface area is 124 Å². The van der Waals surface area contributed by atoms with Crippen LogP contribution in [-0.2, 0) is 0 Å². The molecule has 3 rings (SSSR count). The fourth-order valence-electron chi connectivity index (χ4n) is 1.48. The zero-order chi connectivity index (χ0) is 14.5. The van der Waals surface area contributed by atoms with Gasteiger partial charge < -0.3 is 5.32 Å². The number of rotatable bonds is 5. The molecule has 0 unspecified atom stereocenters. The van der Waals surface area contributed by atoms with Gasteiger partial charge in [0.25, 0.3) is 5.95 Å². The summed E-state index contributed by atoms with van der Waals surface area (Å²) in [6.07, 6.45) is 6.10. The van der Waals surface area contributed by atoms with E-state index in [0.717, 1.165) is 5.03 Å². The van der Waals surface area contributed by atoms with E-state index in [1.165, 1.54) is 35.4 Å². The largest absolute Gasteiger partial charge is 0.354 e. The average Bonchev–Trinajstić information content (AvgIpc) is 3.03. The molecule has 0 amide bonds. The van der Waals surface area contributed by atoms with Crippen molar-refractivity contribution in [1.82, 2.24) is 39.7 Å².